The molecule has 3 rings (SSSR count). The molecule has 134 valence electrons. The Morgan fingerprint density at radius 3 is 2.71 bits per heavy atom. The molecular formula is C17H24F3N3O. The summed E-state index contributed by atoms with van der Waals surface area (Å²) in [5.41, 5.74) is -0.419. The monoisotopic (exact) mass is 343 g/mol. The summed E-state index contributed by atoms with van der Waals surface area (Å²) >= 11 is 0. The highest BCUT2D eigenvalue weighted by molar-refractivity contribution is 5.44. The van der Waals surface area contributed by atoms with Crippen molar-refractivity contribution in [3.8, 4) is 0 Å². The minimum atomic E-state index is -4.37. The topological polar surface area (TPSA) is 39.6 Å². The second-order valence-corrected chi connectivity index (χ2v) is 7.17. The maximum Gasteiger partial charge on any atom is 0.416 e. The molecule has 24 heavy (non-hydrogen) atoms. The lowest BCUT2D eigenvalue weighted by Gasteiger charge is -2.53. The first-order valence-corrected chi connectivity index (χ1v) is 8.37. The molecule has 2 fully saturated rings. The van der Waals surface area contributed by atoms with E-state index < -0.39 is 11.7 Å². The lowest BCUT2D eigenvalue weighted by molar-refractivity contribution is -0.137. The fourth-order valence-corrected chi connectivity index (χ4v) is 4.20. The normalized spacial score (nSPS) is 28.8. The van der Waals surface area contributed by atoms with Gasteiger partial charge in [-0.2, -0.15) is 13.2 Å². The number of aliphatic hydroxyl groups excluding tert-OH is 1. The number of aryl methyl sites for hydroxylation is 1. The zero-order valence-corrected chi connectivity index (χ0v) is 14.1. The minimum Gasteiger partial charge on any atom is -0.396 e. The molecule has 0 radical (unpaired) electrons. The Kier molecular flexibility index (Phi) is 4.51. The van der Waals surface area contributed by atoms with Gasteiger partial charge in [0.1, 0.15) is 5.82 Å². The molecule has 0 amide bonds. The van der Waals surface area contributed by atoms with Crippen molar-refractivity contribution in [3.63, 3.8) is 0 Å². The second-order valence-electron chi connectivity index (χ2n) is 7.17. The summed E-state index contributed by atoms with van der Waals surface area (Å²) < 4.78 is 39.2. The molecule has 3 heterocycles. The van der Waals surface area contributed by atoms with E-state index in [0.29, 0.717) is 24.6 Å². The molecule has 4 nitrogen and oxygen atoms in total. The third-order valence-corrected chi connectivity index (χ3v) is 5.60. The zero-order valence-electron chi connectivity index (χ0n) is 14.1. The van der Waals surface area contributed by atoms with Gasteiger partial charge in [0.2, 0.25) is 0 Å². The molecule has 0 saturated carbocycles. The van der Waals surface area contributed by atoms with Crippen LogP contribution in [-0.4, -0.2) is 54.3 Å². The molecule has 0 bridgehead atoms. The number of alkyl halides is 3. The van der Waals surface area contributed by atoms with Crippen LogP contribution in [0.25, 0.3) is 0 Å². The molecule has 2 aliphatic heterocycles. The Bertz CT molecular complexity index is 607. The average molecular weight is 343 g/mol. The fourth-order valence-electron chi connectivity index (χ4n) is 4.20. The van der Waals surface area contributed by atoms with E-state index in [1.54, 1.807) is 6.92 Å². The highest BCUT2D eigenvalue weighted by Crippen LogP contribution is 2.42. The van der Waals surface area contributed by atoms with E-state index in [9.17, 15) is 18.3 Å². The summed E-state index contributed by atoms with van der Waals surface area (Å²) in [6, 6.07) is 2.36. The van der Waals surface area contributed by atoms with Crippen LogP contribution in [0, 0.1) is 12.3 Å². The van der Waals surface area contributed by atoms with Gasteiger partial charge in [-0.1, -0.05) is 0 Å². The third kappa shape index (κ3) is 3.11. The summed E-state index contributed by atoms with van der Waals surface area (Å²) in [5.74, 6) is 0.382. The number of aromatic nitrogens is 1. The van der Waals surface area contributed by atoms with E-state index in [4.69, 9.17) is 0 Å². The van der Waals surface area contributed by atoms with Gasteiger partial charge in [-0.15, -0.1) is 0 Å². The van der Waals surface area contributed by atoms with Gasteiger partial charge in [0, 0.05) is 30.2 Å². The molecule has 2 saturated heterocycles. The van der Waals surface area contributed by atoms with Gasteiger partial charge < -0.3 is 14.9 Å². The van der Waals surface area contributed by atoms with E-state index in [0.717, 1.165) is 37.9 Å². The molecule has 2 aliphatic rings. The Morgan fingerprint density at radius 2 is 2.04 bits per heavy atom. The number of piperidine rings is 2. The van der Waals surface area contributed by atoms with E-state index in [2.05, 4.69) is 9.88 Å². The number of nitrogens with zero attached hydrogens (tertiary/aromatic N) is 3. The standard InChI is InChI=1S/C17H24F3N3O/c1-12-8-13(17(18,19)20)9-15(21-12)23-7-5-16(11-24)4-3-6-22(2)14(16)10-23/h8-9,14,24H,3-7,10-11H2,1-2H3/t14-,16-/m1/s1. The first kappa shape index (κ1) is 17.5. The van der Waals surface area contributed by atoms with Crippen molar-refractivity contribution in [1.82, 2.24) is 9.88 Å². The van der Waals surface area contributed by atoms with Crippen molar-refractivity contribution in [3.05, 3.63) is 23.4 Å². The number of halogens is 3. The van der Waals surface area contributed by atoms with Crippen LogP contribution in [0.2, 0.25) is 0 Å². The molecule has 1 aromatic rings. The second kappa shape index (κ2) is 6.19. The van der Waals surface area contributed by atoms with Gasteiger partial charge in [-0.25, -0.2) is 4.98 Å². The molecule has 0 aliphatic carbocycles. The molecule has 0 spiro atoms. The van der Waals surface area contributed by atoms with Crippen LogP contribution in [0.1, 0.15) is 30.5 Å². The van der Waals surface area contributed by atoms with Crippen LogP contribution < -0.4 is 4.90 Å². The number of hydrogen-bond donors (Lipinski definition) is 1. The van der Waals surface area contributed by atoms with Gasteiger partial charge in [0.25, 0.3) is 0 Å². The van der Waals surface area contributed by atoms with Crippen molar-refractivity contribution >= 4 is 5.82 Å². The van der Waals surface area contributed by atoms with Crippen molar-refractivity contribution < 1.29 is 18.3 Å². The summed E-state index contributed by atoms with van der Waals surface area (Å²) in [6.45, 7) is 3.90. The maximum atomic E-state index is 13.1. The van der Waals surface area contributed by atoms with Crippen LogP contribution in [0.3, 0.4) is 0 Å². The maximum absolute atomic E-state index is 13.1. The van der Waals surface area contributed by atoms with Gasteiger partial charge in [0.05, 0.1) is 12.2 Å². The molecule has 0 aromatic carbocycles. The average Bonchev–Trinajstić information content (AvgIpc) is 2.53. The Balaban J connectivity index is 1.88. The predicted molar refractivity (Wildman–Crippen MR) is 86.0 cm³/mol. The van der Waals surface area contributed by atoms with E-state index in [-0.39, 0.29) is 18.1 Å². The number of rotatable bonds is 2. The van der Waals surface area contributed by atoms with Crippen molar-refractivity contribution in [2.75, 3.05) is 38.2 Å². The van der Waals surface area contributed by atoms with Gasteiger partial charge in [-0.05, 0) is 51.9 Å². The van der Waals surface area contributed by atoms with Crippen LogP contribution in [0.4, 0.5) is 19.0 Å². The first-order valence-electron chi connectivity index (χ1n) is 8.37. The zero-order chi connectivity index (χ0) is 17.5. The quantitative estimate of drug-likeness (QED) is 0.896. The number of likely N-dealkylation sites (N-methyl/N-ethyl adjacent to an activating group) is 1. The first-order chi connectivity index (χ1) is 11.2. The molecule has 1 aromatic heterocycles. The summed E-state index contributed by atoms with van der Waals surface area (Å²) in [7, 11) is 2.03. The van der Waals surface area contributed by atoms with E-state index in [1.807, 2.05) is 11.9 Å². The Labute approximate surface area is 140 Å². The van der Waals surface area contributed by atoms with Crippen molar-refractivity contribution in [2.24, 2.45) is 5.41 Å². The molecule has 0 unspecified atom stereocenters. The largest absolute Gasteiger partial charge is 0.416 e. The number of likely N-dealkylation sites (tertiary alicyclic amines) is 1. The third-order valence-electron chi connectivity index (χ3n) is 5.60. The lowest BCUT2D eigenvalue weighted by atomic mass is 9.69. The smallest absolute Gasteiger partial charge is 0.396 e. The SMILES string of the molecule is Cc1cc(C(F)(F)F)cc(N2CC[C@@]3(CO)CCCN(C)[C@@H]3C2)n1. The number of aliphatic hydroxyl groups is 1. The molecule has 1 N–H and O–H groups in total. The minimum absolute atomic E-state index is 0.130. The number of pyridine rings is 1. The van der Waals surface area contributed by atoms with Crippen molar-refractivity contribution in [1.29, 1.82) is 0 Å². The highest BCUT2D eigenvalue weighted by Gasteiger charge is 2.46. The molecular weight excluding hydrogens is 319 g/mol. The van der Waals surface area contributed by atoms with Crippen LogP contribution in [0.5, 0.6) is 0 Å². The lowest BCUT2D eigenvalue weighted by Crippen LogP contribution is -2.61. The summed E-state index contributed by atoms with van der Waals surface area (Å²) in [4.78, 5) is 8.49. The fraction of sp³-hybridized carbons (Fsp3) is 0.706. The van der Waals surface area contributed by atoms with E-state index in [1.165, 1.54) is 0 Å². The Morgan fingerprint density at radius 1 is 1.29 bits per heavy atom. The van der Waals surface area contributed by atoms with Crippen molar-refractivity contribution in [2.45, 2.75) is 38.4 Å². The van der Waals surface area contributed by atoms with Crippen LogP contribution in [-0.2, 0) is 6.18 Å². The van der Waals surface area contributed by atoms with Crippen LogP contribution >= 0.6 is 0 Å². The molecule has 2 atom stereocenters. The molecule has 7 heteroatoms. The summed E-state index contributed by atoms with van der Waals surface area (Å²) in [5, 5.41) is 9.94. The number of hydrogen-bond acceptors (Lipinski definition) is 4. The highest BCUT2D eigenvalue weighted by atomic mass is 19.4. The Hall–Kier alpha value is -1.34. The van der Waals surface area contributed by atoms with Gasteiger partial charge in [-0.3, -0.25) is 0 Å². The summed E-state index contributed by atoms with van der Waals surface area (Å²) in [6.07, 6.45) is -1.57. The predicted octanol–water partition coefficient (Wildman–Crippen LogP) is 2.69. The van der Waals surface area contributed by atoms with Gasteiger partial charge >= 0.3 is 6.18 Å². The van der Waals surface area contributed by atoms with E-state index >= 15 is 0 Å². The van der Waals surface area contributed by atoms with Gasteiger partial charge in [0.15, 0.2) is 0 Å². The number of anilines is 1. The van der Waals surface area contributed by atoms with Crippen LogP contribution in [0.15, 0.2) is 12.1 Å². The number of fused-ring (bicyclic) bond motifs is 1.